The SMILES string of the molecule is CCC(N)N1C=NC(C)(C)NC1=O. The number of carbonyl (C=O) groups excluding carboxylic acids is 1. The van der Waals surface area contributed by atoms with Crippen molar-refractivity contribution in [1.29, 1.82) is 0 Å². The highest BCUT2D eigenvalue weighted by Gasteiger charge is 2.28. The minimum absolute atomic E-state index is 0.186. The average molecular weight is 184 g/mol. The smallest absolute Gasteiger partial charge is 0.314 e. The van der Waals surface area contributed by atoms with Crippen LogP contribution in [-0.4, -0.2) is 29.1 Å². The first-order valence-electron chi connectivity index (χ1n) is 4.37. The van der Waals surface area contributed by atoms with Gasteiger partial charge in [0.05, 0.1) is 12.5 Å². The van der Waals surface area contributed by atoms with Crippen LogP contribution in [-0.2, 0) is 0 Å². The summed E-state index contributed by atoms with van der Waals surface area (Å²) in [5.74, 6) is 0. The molecule has 0 spiro atoms. The van der Waals surface area contributed by atoms with Gasteiger partial charge in [-0.15, -0.1) is 0 Å². The molecule has 0 radical (unpaired) electrons. The number of hydrogen-bond acceptors (Lipinski definition) is 3. The van der Waals surface area contributed by atoms with Gasteiger partial charge in [0, 0.05) is 0 Å². The molecule has 1 heterocycles. The van der Waals surface area contributed by atoms with Gasteiger partial charge in [-0.05, 0) is 20.3 Å². The molecule has 1 rings (SSSR count). The van der Waals surface area contributed by atoms with Crippen molar-refractivity contribution in [1.82, 2.24) is 10.2 Å². The zero-order valence-electron chi connectivity index (χ0n) is 8.24. The second-order valence-electron chi connectivity index (χ2n) is 3.62. The fourth-order valence-corrected chi connectivity index (χ4v) is 1.05. The van der Waals surface area contributed by atoms with Crippen molar-refractivity contribution in [3.63, 3.8) is 0 Å². The van der Waals surface area contributed by atoms with Crippen LogP contribution in [0.3, 0.4) is 0 Å². The van der Waals surface area contributed by atoms with E-state index in [1.807, 2.05) is 20.8 Å². The summed E-state index contributed by atoms with van der Waals surface area (Å²) in [5, 5.41) is 2.73. The Hall–Kier alpha value is -1.10. The van der Waals surface area contributed by atoms with Crippen molar-refractivity contribution in [3.05, 3.63) is 0 Å². The van der Waals surface area contributed by atoms with Crippen LogP contribution >= 0.6 is 0 Å². The largest absolute Gasteiger partial charge is 0.325 e. The van der Waals surface area contributed by atoms with Gasteiger partial charge in [-0.2, -0.15) is 0 Å². The molecule has 0 fully saturated rings. The molecule has 1 aliphatic rings. The molecule has 0 saturated carbocycles. The maximum Gasteiger partial charge on any atom is 0.325 e. The molecule has 13 heavy (non-hydrogen) atoms. The molecule has 0 aliphatic carbocycles. The Bertz CT molecular complexity index is 236. The van der Waals surface area contributed by atoms with Crippen LogP contribution in [0.25, 0.3) is 0 Å². The fraction of sp³-hybridized carbons (Fsp3) is 0.750. The van der Waals surface area contributed by atoms with E-state index in [1.165, 1.54) is 11.2 Å². The van der Waals surface area contributed by atoms with E-state index in [0.717, 1.165) is 0 Å². The molecular weight excluding hydrogens is 168 g/mol. The Morgan fingerprint density at radius 2 is 2.38 bits per heavy atom. The maximum absolute atomic E-state index is 11.5. The van der Waals surface area contributed by atoms with E-state index in [2.05, 4.69) is 10.3 Å². The zero-order valence-corrected chi connectivity index (χ0v) is 8.24. The Morgan fingerprint density at radius 3 is 2.85 bits per heavy atom. The molecular formula is C8H16N4O. The van der Waals surface area contributed by atoms with E-state index in [1.54, 1.807) is 0 Å². The van der Waals surface area contributed by atoms with Crippen molar-refractivity contribution >= 4 is 12.4 Å². The van der Waals surface area contributed by atoms with E-state index in [4.69, 9.17) is 5.73 Å². The van der Waals surface area contributed by atoms with Crippen molar-refractivity contribution in [2.24, 2.45) is 10.7 Å². The van der Waals surface area contributed by atoms with Gasteiger partial charge >= 0.3 is 6.03 Å². The number of aliphatic imine (C=N–C) groups is 1. The monoisotopic (exact) mass is 184 g/mol. The van der Waals surface area contributed by atoms with Gasteiger partial charge < -0.3 is 11.1 Å². The van der Waals surface area contributed by atoms with Gasteiger partial charge in [0.1, 0.15) is 5.66 Å². The molecule has 0 aromatic rings. The third kappa shape index (κ3) is 2.18. The van der Waals surface area contributed by atoms with Gasteiger partial charge in [-0.3, -0.25) is 4.90 Å². The summed E-state index contributed by atoms with van der Waals surface area (Å²) >= 11 is 0. The van der Waals surface area contributed by atoms with Crippen molar-refractivity contribution in [2.75, 3.05) is 0 Å². The standard InChI is InChI=1S/C8H16N4O/c1-4-6(9)12-5-10-8(2,3)11-7(12)13/h5-6H,4,9H2,1-3H3,(H,11,13). The molecule has 3 N–H and O–H groups in total. The fourth-order valence-electron chi connectivity index (χ4n) is 1.05. The molecule has 5 nitrogen and oxygen atoms in total. The lowest BCUT2D eigenvalue weighted by atomic mass is 10.2. The van der Waals surface area contributed by atoms with Crippen LogP contribution in [0.15, 0.2) is 4.99 Å². The highest BCUT2D eigenvalue weighted by atomic mass is 16.2. The lowest BCUT2D eigenvalue weighted by molar-refractivity contribution is 0.192. The molecule has 2 amide bonds. The van der Waals surface area contributed by atoms with Crippen molar-refractivity contribution in [3.8, 4) is 0 Å². The maximum atomic E-state index is 11.5. The number of amides is 2. The van der Waals surface area contributed by atoms with E-state index < -0.39 is 5.66 Å². The predicted molar refractivity (Wildman–Crippen MR) is 51.2 cm³/mol. The predicted octanol–water partition coefficient (Wildman–Crippen LogP) is 0.471. The first-order chi connectivity index (χ1) is 5.96. The number of rotatable bonds is 2. The molecule has 0 saturated heterocycles. The zero-order chi connectivity index (χ0) is 10.1. The lowest BCUT2D eigenvalue weighted by Crippen LogP contribution is -2.58. The second-order valence-corrected chi connectivity index (χ2v) is 3.62. The van der Waals surface area contributed by atoms with Crippen LogP contribution in [0.5, 0.6) is 0 Å². The Balaban J connectivity index is 2.76. The molecule has 5 heteroatoms. The molecule has 0 aromatic heterocycles. The molecule has 0 bridgehead atoms. The lowest BCUT2D eigenvalue weighted by Gasteiger charge is -2.33. The first kappa shape index (κ1) is 9.98. The Kier molecular flexibility index (Phi) is 2.56. The highest BCUT2D eigenvalue weighted by molar-refractivity contribution is 5.89. The van der Waals surface area contributed by atoms with Crippen LogP contribution < -0.4 is 11.1 Å². The van der Waals surface area contributed by atoms with E-state index in [0.29, 0.717) is 6.42 Å². The van der Waals surface area contributed by atoms with Crippen LogP contribution in [0.1, 0.15) is 27.2 Å². The van der Waals surface area contributed by atoms with Crippen LogP contribution in [0, 0.1) is 0 Å². The number of hydrogen-bond donors (Lipinski definition) is 2. The number of carbonyl (C=O) groups is 1. The number of nitrogens with one attached hydrogen (secondary N) is 1. The summed E-state index contributed by atoms with van der Waals surface area (Å²) in [7, 11) is 0. The number of nitrogens with two attached hydrogens (primary N) is 1. The summed E-state index contributed by atoms with van der Waals surface area (Å²) in [6.45, 7) is 5.58. The van der Waals surface area contributed by atoms with Gasteiger partial charge in [-0.1, -0.05) is 6.92 Å². The quantitative estimate of drug-likeness (QED) is 0.655. The topological polar surface area (TPSA) is 70.7 Å². The van der Waals surface area contributed by atoms with Gasteiger partial charge in [0.2, 0.25) is 0 Å². The second kappa shape index (κ2) is 3.33. The summed E-state index contributed by atoms with van der Waals surface area (Å²) in [4.78, 5) is 17.0. The van der Waals surface area contributed by atoms with E-state index >= 15 is 0 Å². The normalized spacial score (nSPS) is 22.8. The van der Waals surface area contributed by atoms with Crippen molar-refractivity contribution < 1.29 is 4.79 Å². The number of nitrogens with zero attached hydrogens (tertiary/aromatic N) is 2. The van der Waals surface area contributed by atoms with Crippen LogP contribution in [0.4, 0.5) is 4.79 Å². The third-order valence-electron chi connectivity index (χ3n) is 1.93. The van der Waals surface area contributed by atoms with E-state index in [-0.39, 0.29) is 12.2 Å². The average Bonchev–Trinajstić information content (AvgIpc) is 2.01. The molecule has 1 aliphatic heterocycles. The molecule has 74 valence electrons. The summed E-state index contributed by atoms with van der Waals surface area (Å²) in [6, 6.07) is -0.186. The van der Waals surface area contributed by atoms with Crippen molar-refractivity contribution in [2.45, 2.75) is 39.0 Å². The summed E-state index contributed by atoms with van der Waals surface area (Å²) < 4.78 is 0. The van der Waals surface area contributed by atoms with E-state index in [9.17, 15) is 4.79 Å². The van der Waals surface area contributed by atoms with Gasteiger partial charge in [0.25, 0.3) is 0 Å². The summed E-state index contributed by atoms with van der Waals surface area (Å²) in [6.07, 6.45) is 1.92. The molecule has 1 unspecified atom stereocenters. The van der Waals surface area contributed by atoms with Gasteiger partial charge in [0.15, 0.2) is 0 Å². The highest BCUT2D eigenvalue weighted by Crippen LogP contribution is 2.10. The van der Waals surface area contributed by atoms with Gasteiger partial charge in [-0.25, -0.2) is 9.79 Å². The minimum Gasteiger partial charge on any atom is -0.314 e. The first-order valence-corrected chi connectivity index (χ1v) is 4.37. The third-order valence-corrected chi connectivity index (χ3v) is 1.93. The number of urea groups is 1. The summed E-state index contributed by atoms with van der Waals surface area (Å²) in [5.41, 5.74) is 5.19. The Morgan fingerprint density at radius 1 is 1.77 bits per heavy atom. The van der Waals surface area contributed by atoms with Crippen LogP contribution in [0.2, 0.25) is 0 Å². The Labute approximate surface area is 78.0 Å². The molecule has 0 aromatic carbocycles. The molecule has 1 atom stereocenters. The minimum atomic E-state index is -0.513.